The first kappa shape index (κ1) is 18.6. The smallest absolute Gasteiger partial charge is 0.252 e. The van der Waals surface area contributed by atoms with Crippen LogP contribution < -0.4 is 5.32 Å². The summed E-state index contributed by atoms with van der Waals surface area (Å²) in [6.07, 6.45) is 7.06. The molecule has 2 heterocycles. The number of carbonyl (C=O) groups is 1. The van der Waals surface area contributed by atoms with Gasteiger partial charge in [0.1, 0.15) is 5.69 Å². The summed E-state index contributed by atoms with van der Waals surface area (Å²) in [7, 11) is 4.03. The van der Waals surface area contributed by atoms with E-state index in [1.165, 1.54) is 25.7 Å². The van der Waals surface area contributed by atoms with Crippen LogP contribution in [0.2, 0.25) is 0 Å². The molecule has 0 spiro atoms. The molecule has 3 aromatic rings. The van der Waals surface area contributed by atoms with Crippen LogP contribution in [0.1, 0.15) is 36.0 Å². The van der Waals surface area contributed by atoms with E-state index in [0.29, 0.717) is 23.8 Å². The fourth-order valence-electron chi connectivity index (χ4n) is 4.01. The fourth-order valence-corrected chi connectivity index (χ4v) is 4.01. The number of para-hydroxylation sites is 1. The Bertz CT molecular complexity index is 974. The van der Waals surface area contributed by atoms with Crippen LogP contribution in [0.15, 0.2) is 42.6 Å². The summed E-state index contributed by atoms with van der Waals surface area (Å²) in [4.78, 5) is 20.0. The van der Waals surface area contributed by atoms with Crippen molar-refractivity contribution >= 4 is 16.8 Å². The normalized spacial score (nSPS) is 14.8. The van der Waals surface area contributed by atoms with Crippen LogP contribution in [0.4, 0.5) is 0 Å². The van der Waals surface area contributed by atoms with Gasteiger partial charge in [0.25, 0.3) is 5.91 Å². The third kappa shape index (κ3) is 3.92. The Kier molecular flexibility index (Phi) is 5.39. The summed E-state index contributed by atoms with van der Waals surface area (Å²) in [5, 5.41) is 8.39. The highest BCUT2D eigenvalue weighted by Crippen LogP contribution is 2.24. The molecule has 1 aromatic carbocycles. The maximum atomic E-state index is 13.0. The number of likely N-dealkylation sites (N-methyl/N-ethyl adjacent to an activating group) is 1. The number of pyridine rings is 1. The molecule has 4 rings (SSSR count). The second-order valence-corrected chi connectivity index (χ2v) is 7.62. The Morgan fingerprint density at radius 3 is 2.75 bits per heavy atom. The number of hydrogen-bond acceptors (Lipinski definition) is 4. The summed E-state index contributed by atoms with van der Waals surface area (Å²) < 4.78 is 1.74. The van der Waals surface area contributed by atoms with Gasteiger partial charge < -0.3 is 10.2 Å². The average Bonchev–Trinajstić information content (AvgIpc) is 3.39. The maximum Gasteiger partial charge on any atom is 0.252 e. The highest BCUT2D eigenvalue weighted by molar-refractivity contribution is 6.07. The lowest BCUT2D eigenvalue weighted by atomic mass is 10.1. The first-order valence-electron chi connectivity index (χ1n) is 10.00. The van der Waals surface area contributed by atoms with Crippen molar-refractivity contribution < 1.29 is 4.79 Å². The van der Waals surface area contributed by atoms with Crippen LogP contribution in [-0.4, -0.2) is 51.8 Å². The molecule has 6 heteroatoms. The zero-order chi connectivity index (χ0) is 19.5. The van der Waals surface area contributed by atoms with Crippen molar-refractivity contribution in [3.05, 3.63) is 48.2 Å². The van der Waals surface area contributed by atoms with Crippen LogP contribution in [-0.2, 0) is 7.05 Å². The van der Waals surface area contributed by atoms with Crippen molar-refractivity contribution in [3.8, 4) is 11.4 Å². The van der Waals surface area contributed by atoms with Crippen molar-refractivity contribution in [2.75, 3.05) is 20.1 Å². The van der Waals surface area contributed by atoms with Gasteiger partial charge in [0.05, 0.1) is 16.8 Å². The topological polar surface area (TPSA) is 63.1 Å². The number of carbonyl (C=O) groups excluding carboxylic acids is 1. The second-order valence-electron chi connectivity index (χ2n) is 7.62. The molecule has 0 aliphatic heterocycles. The standard InChI is InChI=1S/C22H27N5O/c1-26(16-7-3-4-8-16)14-12-23-22(28)18-15-21(20-11-13-27(2)25-20)24-19-10-6-5-9-17(18)19/h5-6,9-11,13,15-16H,3-4,7-8,12,14H2,1-2H3,(H,23,28). The lowest BCUT2D eigenvalue weighted by Gasteiger charge is -2.24. The van der Waals surface area contributed by atoms with Crippen molar-refractivity contribution in [1.82, 2.24) is 25.0 Å². The second kappa shape index (κ2) is 8.10. The minimum Gasteiger partial charge on any atom is -0.351 e. The van der Waals surface area contributed by atoms with E-state index in [0.717, 1.165) is 23.1 Å². The number of nitrogens with zero attached hydrogens (tertiary/aromatic N) is 4. The Labute approximate surface area is 165 Å². The fraction of sp³-hybridized carbons (Fsp3) is 0.409. The van der Waals surface area contributed by atoms with Gasteiger partial charge in [-0.05, 0) is 38.1 Å². The first-order valence-corrected chi connectivity index (χ1v) is 10.00. The van der Waals surface area contributed by atoms with Crippen molar-refractivity contribution in [3.63, 3.8) is 0 Å². The van der Waals surface area contributed by atoms with Crippen LogP contribution in [0, 0.1) is 0 Å². The van der Waals surface area contributed by atoms with Crippen molar-refractivity contribution in [1.29, 1.82) is 0 Å². The summed E-state index contributed by atoms with van der Waals surface area (Å²) in [5.41, 5.74) is 2.93. The van der Waals surface area contributed by atoms with Gasteiger partial charge in [-0.15, -0.1) is 0 Å². The van der Waals surface area contributed by atoms with Gasteiger partial charge in [0.15, 0.2) is 0 Å². The van der Waals surface area contributed by atoms with Crippen molar-refractivity contribution in [2.24, 2.45) is 7.05 Å². The van der Waals surface area contributed by atoms with Crippen LogP contribution in [0.5, 0.6) is 0 Å². The molecular formula is C22H27N5O. The first-order chi connectivity index (χ1) is 13.6. The molecule has 1 aliphatic carbocycles. The Balaban J connectivity index is 1.53. The quantitative estimate of drug-likeness (QED) is 0.716. The molecule has 0 atom stereocenters. The molecule has 2 aromatic heterocycles. The third-order valence-corrected chi connectivity index (χ3v) is 5.63. The summed E-state index contributed by atoms with van der Waals surface area (Å²) >= 11 is 0. The van der Waals surface area contributed by atoms with Crippen LogP contribution >= 0.6 is 0 Å². The number of benzene rings is 1. The number of nitrogens with one attached hydrogen (secondary N) is 1. The number of amides is 1. The van der Waals surface area contributed by atoms with Crippen molar-refractivity contribution in [2.45, 2.75) is 31.7 Å². The predicted molar refractivity (Wildman–Crippen MR) is 111 cm³/mol. The van der Waals surface area contributed by atoms with Gasteiger partial charge in [-0.2, -0.15) is 5.10 Å². The minimum absolute atomic E-state index is 0.0596. The molecule has 0 unspecified atom stereocenters. The average molecular weight is 377 g/mol. The number of aromatic nitrogens is 3. The van der Waals surface area contributed by atoms with E-state index < -0.39 is 0 Å². The lowest BCUT2D eigenvalue weighted by Crippen LogP contribution is -2.37. The molecule has 1 amide bonds. The summed E-state index contributed by atoms with van der Waals surface area (Å²) in [5.74, 6) is -0.0596. The molecule has 28 heavy (non-hydrogen) atoms. The molecular weight excluding hydrogens is 350 g/mol. The Hall–Kier alpha value is -2.73. The number of fused-ring (bicyclic) bond motifs is 1. The van der Waals surface area contributed by atoms with Gasteiger partial charge in [-0.25, -0.2) is 4.98 Å². The lowest BCUT2D eigenvalue weighted by molar-refractivity contribution is 0.0949. The minimum atomic E-state index is -0.0596. The molecule has 1 saturated carbocycles. The van der Waals surface area contributed by atoms with Gasteiger partial charge in [-0.1, -0.05) is 31.0 Å². The van der Waals surface area contributed by atoms with E-state index in [4.69, 9.17) is 4.98 Å². The van der Waals surface area contributed by atoms with E-state index in [-0.39, 0.29) is 5.91 Å². The van der Waals surface area contributed by atoms with Crippen LogP contribution in [0.25, 0.3) is 22.3 Å². The molecule has 1 aliphatic rings. The summed E-state index contributed by atoms with van der Waals surface area (Å²) in [6, 6.07) is 12.2. The van der Waals surface area contributed by atoms with Gasteiger partial charge >= 0.3 is 0 Å². The largest absolute Gasteiger partial charge is 0.351 e. The van der Waals surface area contributed by atoms with E-state index in [9.17, 15) is 4.79 Å². The molecule has 0 radical (unpaired) electrons. The Morgan fingerprint density at radius 2 is 2.00 bits per heavy atom. The highest BCUT2D eigenvalue weighted by atomic mass is 16.1. The zero-order valence-corrected chi connectivity index (χ0v) is 16.6. The number of rotatable bonds is 6. The number of aryl methyl sites for hydroxylation is 1. The molecule has 146 valence electrons. The van der Waals surface area contributed by atoms with Gasteiger partial charge in [0, 0.05) is 37.8 Å². The zero-order valence-electron chi connectivity index (χ0n) is 16.6. The Morgan fingerprint density at radius 1 is 1.21 bits per heavy atom. The highest BCUT2D eigenvalue weighted by Gasteiger charge is 2.19. The van der Waals surface area contributed by atoms with E-state index >= 15 is 0 Å². The van der Waals surface area contributed by atoms with E-state index in [1.807, 2.05) is 49.6 Å². The molecule has 1 N–H and O–H groups in total. The molecule has 1 fully saturated rings. The maximum absolute atomic E-state index is 13.0. The SMILES string of the molecule is CN(CCNC(=O)c1cc(-c2ccn(C)n2)nc2ccccc12)C1CCCC1. The predicted octanol–water partition coefficient (Wildman–Crippen LogP) is 3.24. The molecule has 0 saturated heterocycles. The van der Waals surface area contributed by atoms with E-state index in [2.05, 4.69) is 22.4 Å². The molecule has 6 nitrogen and oxygen atoms in total. The van der Waals surface area contributed by atoms with Gasteiger partial charge in [0.2, 0.25) is 0 Å². The summed E-state index contributed by atoms with van der Waals surface area (Å²) in [6.45, 7) is 1.51. The monoisotopic (exact) mass is 377 g/mol. The molecule has 0 bridgehead atoms. The third-order valence-electron chi connectivity index (χ3n) is 5.63. The van der Waals surface area contributed by atoms with E-state index in [1.54, 1.807) is 4.68 Å². The number of hydrogen-bond donors (Lipinski definition) is 1. The van der Waals surface area contributed by atoms with Crippen LogP contribution in [0.3, 0.4) is 0 Å². The van der Waals surface area contributed by atoms with Gasteiger partial charge in [-0.3, -0.25) is 9.48 Å².